The van der Waals surface area contributed by atoms with Crippen molar-refractivity contribution in [1.29, 1.82) is 0 Å². The molecule has 0 saturated carbocycles. The maximum atomic E-state index is 8.60. The molecule has 2 aromatic heterocycles. The van der Waals surface area contributed by atoms with Crippen molar-refractivity contribution in [1.82, 2.24) is 4.98 Å². The minimum atomic E-state index is -0.00611. The number of aliphatic hydroxyl groups is 2. The van der Waals surface area contributed by atoms with Gasteiger partial charge in [0.05, 0.1) is 18.6 Å². The van der Waals surface area contributed by atoms with Gasteiger partial charge in [0.15, 0.2) is 0 Å². The summed E-state index contributed by atoms with van der Waals surface area (Å²) < 4.78 is 4.86. The quantitative estimate of drug-likeness (QED) is 0.876. The summed E-state index contributed by atoms with van der Waals surface area (Å²) >= 11 is 0. The van der Waals surface area contributed by atoms with E-state index >= 15 is 0 Å². The van der Waals surface area contributed by atoms with Gasteiger partial charge in [-0.05, 0) is 37.6 Å². The highest BCUT2D eigenvalue weighted by Crippen LogP contribution is 2.04. The van der Waals surface area contributed by atoms with E-state index in [-0.39, 0.29) is 13.2 Å². The molecule has 4 nitrogen and oxygen atoms in total. The van der Waals surface area contributed by atoms with Crippen molar-refractivity contribution in [2.45, 2.75) is 40.9 Å². The van der Waals surface area contributed by atoms with Crippen LogP contribution in [0.3, 0.4) is 0 Å². The lowest BCUT2D eigenvalue weighted by Gasteiger charge is -1.93. The predicted octanol–water partition coefficient (Wildman–Crippen LogP) is 2.99. The van der Waals surface area contributed by atoms with Crippen LogP contribution >= 0.6 is 0 Å². The summed E-state index contributed by atoms with van der Waals surface area (Å²) in [5, 5.41) is 17.1. The third kappa shape index (κ3) is 7.39. The molecular weight excluding hydrogens is 242 g/mol. The summed E-state index contributed by atoms with van der Waals surface area (Å²) in [6.45, 7) is 7.84. The van der Waals surface area contributed by atoms with Crippen LogP contribution in [0.15, 0.2) is 34.9 Å². The standard InChI is InChI=1S/C7H9NO.C6H8O2.C2H6/c1-6-3-2-4-7(5-9)8-6;1-5-2-6(3-7)8-4-5;1-2/h2-4,9H,5H2,1H3;2,4,7H,3H2,1H3;1-2H3. The molecule has 2 rings (SSSR count). The molecule has 0 radical (unpaired) electrons. The third-order valence-electron chi connectivity index (χ3n) is 2.05. The number of pyridine rings is 1. The fourth-order valence-corrected chi connectivity index (χ4v) is 1.26. The van der Waals surface area contributed by atoms with E-state index < -0.39 is 0 Å². The Balaban J connectivity index is 0.000000303. The first-order valence-electron chi connectivity index (χ1n) is 6.34. The molecule has 0 aliphatic heterocycles. The Morgan fingerprint density at radius 1 is 1.11 bits per heavy atom. The molecule has 4 heteroatoms. The summed E-state index contributed by atoms with van der Waals surface area (Å²) in [5.74, 6) is 0.627. The molecule has 0 spiro atoms. The maximum absolute atomic E-state index is 8.60. The topological polar surface area (TPSA) is 66.5 Å². The first-order chi connectivity index (χ1) is 9.15. The van der Waals surface area contributed by atoms with Crippen molar-refractivity contribution in [2.24, 2.45) is 0 Å². The van der Waals surface area contributed by atoms with Crippen LogP contribution in [0.4, 0.5) is 0 Å². The van der Waals surface area contributed by atoms with Gasteiger partial charge in [-0.25, -0.2) is 0 Å². The molecule has 19 heavy (non-hydrogen) atoms. The van der Waals surface area contributed by atoms with Gasteiger partial charge >= 0.3 is 0 Å². The van der Waals surface area contributed by atoms with Gasteiger partial charge in [-0.15, -0.1) is 0 Å². The highest BCUT2D eigenvalue weighted by Gasteiger charge is 1.92. The Morgan fingerprint density at radius 3 is 2.11 bits per heavy atom. The average molecular weight is 265 g/mol. The zero-order valence-electron chi connectivity index (χ0n) is 12.1. The summed E-state index contributed by atoms with van der Waals surface area (Å²) in [5.41, 5.74) is 2.73. The molecule has 0 fully saturated rings. The van der Waals surface area contributed by atoms with Crippen molar-refractivity contribution < 1.29 is 14.6 Å². The van der Waals surface area contributed by atoms with Gasteiger partial charge in [-0.1, -0.05) is 19.9 Å². The largest absolute Gasteiger partial charge is 0.467 e. The second kappa shape index (κ2) is 10.3. The van der Waals surface area contributed by atoms with Gasteiger partial charge in [-0.2, -0.15) is 0 Å². The number of hydrogen-bond acceptors (Lipinski definition) is 4. The Morgan fingerprint density at radius 2 is 1.79 bits per heavy atom. The van der Waals surface area contributed by atoms with Gasteiger partial charge in [0.1, 0.15) is 12.4 Å². The molecule has 2 aromatic rings. The van der Waals surface area contributed by atoms with Gasteiger partial charge < -0.3 is 14.6 Å². The van der Waals surface area contributed by atoms with E-state index in [1.807, 2.05) is 39.8 Å². The van der Waals surface area contributed by atoms with Gasteiger partial charge in [0.25, 0.3) is 0 Å². The lowest BCUT2D eigenvalue weighted by atomic mass is 10.3. The van der Waals surface area contributed by atoms with E-state index in [2.05, 4.69) is 4.98 Å². The first kappa shape index (κ1) is 17.4. The number of hydrogen-bond donors (Lipinski definition) is 2. The fraction of sp³-hybridized carbons (Fsp3) is 0.400. The molecule has 0 saturated heterocycles. The van der Waals surface area contributed by atoms with E-state index in [1.165, 1.54) is 0 Å². The van der Waals surface area contributed by atoms with Crippen molar-refractivity contribution in [3.05, 3.63) is 53.2 Å². The van der Waals surface area contributed by atoms with E-state index in [9.17, 15) is 0 Å². The smallest absolute Gasteiger partial charge is 0.129 e. The second-order valence-corrected chi connectivity index (χ2v) is 3.68. The van der Waals surface area contributed by atoms with Gasteiger partial charge in [0, 0.05) is 5.69 Å². The molecule has 0 aliphatic carbocycles. The Hall–Kier alpha value is -1.65. The Bertz CT molecular complexity index is 452. The van der Waals surface area contributed by atoms with Crippen LogP contribution in [-0.4, -0.2) is 15.2 Å². The number of aryl methyl sites for hydroxylation is 2. The lowest BCUT2D eigenvalue weighted by Crippen LogP contribution is -1.89. The highest BCUT2D eigenvalue weighted by molar-refractivity contribution is 5.09. The highest BCUT2D eigenvalue weighted by atomic mass is 16.4. The van der Waals surface area contributed by atoms with Gasteiger partial charge in [0.2, 0.25) is 0 Å². The number of furan rings is 1. The number of nitrogens with zero attached hydrogens (tertiary/aromatic N) is 1. The van der Waals surface area contributed by atoms with Crippen LogP contribution in [-0.2, 0) is 13.2 Å². The van der Waals surface area contributed by atoms with Crippen LogP contribution in [0.25, 0.3) is 0 Å². The third-order valence-corrected chi connectivity index (χ3v) is 2.05. The molecule has 0 unspecified atom stereocenters. The van der Waals surface area contributed by atoms with Crippen molar-refractivity contribution in [2.75, 3.05) is 0 Å². The monoisotopic (exact) mass is 265 g/mol. The SMILES string of the molecule is CC.Cc1cccc(CO)n1.Cc1coc(CO)c1. The summed E-state index contributed by atoms with van der Waals surface area (Å²) in [4.78, 5) is 4.04. The zero-order valence-corrected chi connectivity index (χ0v) is 12.1. The van der Waals surface area contributed by atoms with Crippen LogP contribution < -0.4 is 0 Å². The minimum absolute atomic E-state index is 0.00611. The molecule has 0 bridgehead atoms. The average Bonchev–Trinajstić information content (AvgIpc) is 2.87. The normalized spacial score (nSPS) is 8.95. The van der Waals surface area contributed by atoms with Crippen LogP contribution in [0.1, 0.15) is 36.6 Å². The van der Waals surface area contributed by atoms with E-state index in [4.69, 9.17) is 14.6 Å². The molecule has 2 heterocycles. The van der Waals surface area contributed by atoms with Crippen LogP contribution in [0.2, 0.25) is 0 Å². The minimum Gasteiger partial charge on any atom is -0.467 e. The molecule has 0 atom stereocenters. The molecule has 2 N–H and O–H groups in total. The van der Waals surface area contributed by atoms with E-state index in [0.29, 0.717) is 5.76 Å². The molecule has 0 amide bonds. The zero-order chi connectivity index (χ0) is 14.7. The predicted molar refractivity (Wildman–Crippen MR) is 75.6 cm³/mol. The lowest BCUT2D eigenvalue weighted by molar-refractivity contribution is 0.247. The fourth-order valence-electron chi connectivity index (χ4n) is 1.26. The number of rotatable bonds is 2. The summed E-state index contributed by atoms with van der Waals surface area (Å²) in [7, 11) is 0. The Kier molecular flexibility index (Phi) is 9.40. The summed E-state index contributed by atoms with van der Waals surface area (Å²) in [6, 6.07) is 7.39. The van der Waals surface area contributed by atoms with Crippen LogP contribution in [0, 0.1) is 13.8 Å². The number of aliphatic hydroxyl groups excluding tert-OH is 2. The molecule has 106 valence electrons. The molecule has 0 aliphatic rings. The molecular formula is C15H23NO3. The van der Waals surface area contributed by atoms with E-state index in [1.54, 1.807) is 18.4 Å². The second-order valence-electron chi connectivity index (χ2n) is 3.68. The maximum Gasteiger partial charge on any atom is 0.129 e. The van der Waals surface area contributed by atoms with E-state index in [0.717, 1.165) is 17.0 Å². The first-order valence-corrected chi connectivity index (χ1v) is 6.34. The van der Waals surface area contributed by atoms with Gasteiger partial charge in [-0.3, -0.25) is 4.98 Å². The van der Waals surface area contributed by atoms with Crippen molar-refractivity contribution in [3.8, 4) is 0 Å². The van der Waals surface area contributed by atoms with Crippen molar-refractivity contribution in [3.63, 3.8) is 0 Å². The Labute approximate surface area is 114 Å². The van der Waals surface area contributed by atoms with Crippen molar-refractivity contribution >= 4 is 0 Å². The van der Waals surface area contributed by atoms with Crippen LogP contribution in [0.5, 0.6) is 0 Å². The molecule has 0 aromatic carbocycles. The number of aromatic nitrogens is 1. The summed E-state index contributed by atoms with van der Waals surface area (Å²) in [6.07, 6.45) is 1.62.